The van der Waals surface area contributed by atoms with Gasteiger partial charge in [-0.2, -0.15) is 86.4 Å². The van der Waals surface area contributed by atoms with Crippen molar-refractivity contribution in [1.82, 2.24) is 0 Å². The van der Waals surface area contributed by atoms with Gasteiger partial charge in [-0.25, -0.2) is 0 Å². The van der Waals surface area contributed by atoms with Crippen LogP contribution in [-0.2, 0) is 51.3 Å². The lowest BCUT2D eigenvalue weighted by Crippen LogP contribution is -2.47. The Morgan fingerprint density at radius 2 is 1.00 bits per heavy atom. The first-order valence-electron chi connectivity index (χ1n) is 14.3. The minimum absolute atomic E-state index is 0.0142. The Bertz CT molecular complexity index is 2280. The zero-order valence-corrected chi connectivity index (χ0v) is 32.4. The van der Waals surface area contributed by atoms with E-state index in [0.717, 1.165) is 0 Å². The predicted molar refractivity (Wildman–Crippen MR) is 164 cm³/mol. The fourth-order valence-corrected chi connectivity index (χ4v) is 7.16. The summed E-state index contributed by atoms with van der Waals surface area (Å²) in [6.45, 7) is 7.88. The highest BCUT2D eigenvalue weighted by Crippen LogP contribution is 2.49. The summed E-state index contributed by atoms with van der Waals surface area (Å²) in [4.78, 5) is 0. The summed E-state index contributed by atoms with van der Waals surface area (Å²) in [5.41, 5.74) is -26.5. The van der Waals surface area contributed by atoms with Gasteiger partial charge in [0.25, 0.3) is 0 Å². The van der Waals surface area contributed by atoms with E-state index in [4.69, 9.17) is 9.16 Å². The third-order valence-electron chi connectivity index (χ3n) is 7.63. The van der Waals surface area contributed by atoms with Gasteiger partial charge < -0.3 is 25.9 Å². The summed E-state index contributed by atoms with van der Waals surface area (Å²) in [6.07, 6.45) is -4.69. The maximum absolute atomic E-state index is 13.3. The van der Waals surface area contributed by atoms with Crippen LogP contribution in [0.2, 0.25) is 18.1 Å². The van der Waals surface area contributed by atoms with Gasteiger partial charge in [-0.3, -0.25) is 0 Å². The van der Waals surface area contributed by atoms with Gasteiger partial charge in [-0.1, -0.05) is 26.8 Å². The first-order valence-corrected chi connectivity index (χ1v) is 22.8. The zero-order valence-electron chi connectivity index (χ0n) is 28.1. The number of fused-ring (bicyclic) bond motifs is 1. The van der Waals surface area contributed by atoms with Crippen molar-refractivity contribution < 1.29 is 112 Å². The van der Waals surface area contributed by atoms with E-state index in [1.165, 1.54) is 13.1 Å². The Morgan fingerprint density at radius 1 is 0.589 bits per heavy atom. The minimum atomic E-state index is -6.84. The minimum Gasteiger partial charge on any atom is -0.482 e. The molecule has 0 spiro atoms. The number of hydrogen-bond donors (Lipinski definition) is 0. The van der Waals surface area contributed by atoms with Crippen molar-refractivity contribution in [3.8, 4) is 28.7 Å². The molecule has 320 valence electrons. The average molecular weight is 933 g/mol. The van der Waals surface area contributed by atoms with Crippen molar-refractivity contribution in [2.45, 2.75) is 79.6 Å². The van der Waals surface area contributed by atoms with Gasteiger partial charge in [-0.05, 0) is 35.8 Å². The third kappa shape index (κ3) is 9.99. The van der Waals surface area contributed by atoms with Crippen LogP contribution in [0, 0.1) is 0 Å². The molecule has 0 aromatic heterocycles. The standard InChI is InChI=1S/C25H24F12O14S4Si/c1-21(2,3)56(4,5)51-19-11-14-16(9-13(47-52(38,39)22(26,27)28)10-17(14)49-54(42,43)24(32,33)34)46-20(19)12-6-7-15(48-53(40,41)23(29,30)31)18(8-12)50-55(44,45)25(35,36)37/h6-10,19-20H,11H2,1-5H3/t19-,20-/m1/s1. The van der Waals surface area contributed by atoms with E-state index in [9.17, 15) is 86.4 Å². The second kappa shape index (κ2) is 14.4. The molecule has 1 aliphatic rings. The molecule has 0 saturated carbocycles. The molecule has 3 rings (SSSR count). The first-order chi connectivity index (χ1) is 24.6. The molecular weight excluding hydrogens is 909 g/mol. The van der Waals surface area contributed by atoms with Crippen LogP contribution in [0.15, 0.2) is 30.3 Å². The summed E-state index contributed by atoms with van der Waals surface area (Å²) in [7, 11) is -30.2. The molecule has 0 unspecified atom stereocenters. The third-order valence-corrected chi connectivity index (χ3v) is 16.0. The van der Waals surface area contributed by atoms with Gasteiger partial charge in [0.05, 0.1) is 6.10 Å². The maximum Gasteiger partial charge on any atom is 0.534 e. The molecule has 0 radical (unpaired) electrons. The molecular formula is C25H24F12O14S4Si. The Hall–Kier alpha value is -3.42. The van der Waals surface area contributed by atoms with E-state index in [1.54, 1.807) is 20.8 Å². The largest absolute Gasteiger partial charge is 0.534 e. The Labute approximate surface area is 310 Å². The van der Waals surface area contributed by atoms with Crippen LogP contribution in [0.3, 0.4) is 0 Å². The SMILES string of the molecule is CC(C)(C)[Si](C)(C)O[C@@H]1Cc2c(cc(OS(=O)(=O)C(F)(F)F)cc2OS(=O)(=O)C(F)(F)F)O[C@@H]1c1ccc(OS(=O)(=O)C(F)(F)F)c(OS(=O)(=O)C(F)(F)F)c1. The van der Waals surface area contributed by atoms with Crippen molar-refractivity contribution in [2.75, 3.05) is 0 Å². The summed E-state index contributed by atoms with van der Waals surface area (Å²) in [6, 6.07) is 1.04. The van der Waals surface area contributed by atoms with E-state index in [1.807, 2.05) is 0 Å². The Balaban J connectivity index is 2.40. The summed E-state index contributed by atoms with van der Waals surface area (Å²) < 4.78 is 281. The molecule has 1 heterocycles. The molecule has 0 N–H and O–H groups in total. The molecule has 31 heteroatoms. The lowest BCUT2D eigenvalue weighted by atomic mass is 9.94. The lowest BCUT2D eigenvalue weighted by molar-refractivity contribution is -0.0513. The van der Waals surface area contributed by atoms with E-state index >= 15 is 0 Å². The normalized spacial score (nSPS) is 18.1. The number of halogens is 12. The van der Waals surface area contributed by atoms with Crippen LogP contribution in [0.5, 0.6) is 28.7 Å². The monoisotopic (exact) mass is 932 g/mol. The fourth-order valence-electron chi connectivity index (χ4n) is 3.99. The van der Waals surface area contributed by atoms with Gasteiger partial charge in [0.1, 0.15) is 17.6 Å². The second-order valence-electron chi connectivity index (χ2n) is 12.7. The molecule has 2 atom stereocenters. The number of benzene rings is 2. The van der Waals surface area contributed by atoms with Crippen LogP contribution in [0.25, 0.3) is 0 Å². The summed E-state index contributed by atoms with van der Waals surface area (Å²) in [5.74, 6) is -7.93. The van der Waals surface area contributed by atoms with Gasteiger partial charge in [-0.15, -0.1) is 0 Å². The number of rotatable bonds is 11. The van der Waals surface area contributed by atoms with Crippen LogP contribution >= 0.6 is 0 Å². The number of hydrogen-bond acceptors (Lipinski definition) is 14. The number of ether oxygens (including phenoxy) is 1. The van der Waals surface area contributed by atoms with Crippen LogP contribution in [0.4, 0.5) is 52.7 Å². The quantitative estimate of drug-likeness (QED) is 0.100. The summed E-state index contributed by atoms with van der Waals surface area (Å²) in [5, 5.41) is -0.806. The fraction of sp³-hybridized carbons (Fsp3) is 0.520. The van der Waals surface area contributed by atoms with Crippen molar-refractivity contribution in [1.29, 1.82) is 0 Å². The molecule has 0 bridgehead atoms. The van der Waals surface area contributed by atoms with Crippen molar-refractivity contribution >= 4 is 48.8 Å². The molecule has 2 aromatic carbocycles. The topological polar surface area (TPSA) is 192 Å². The van der Waals surface area contributed by atoms with Crippen LogP contribution in [-0.4, -0.2) is 70.1 Å². The molecule has 2 aromatic rings. The zero-order chi connectivity index (χ0) is 43.7. The highest BCUT2D eigenvalue weighted by atomic mass is 32.2. The van der Waals surface area contributed by atoms with Gasteiger partial charge in [0, 0.05) is 24.1 Å². The highest BCUT2D eigenvalue weighted by molar-refractivity contribution is 7.88. The molecule has 0 amide bonds. The number of alkyl halides is 12. The first kappa shape index (κ1) is 47.0. The molecule has 56 heavy (non-hydrogen) atoms. The van der Waals surface area contributed by atoms with Gasteiger partial charge >= 0.3 is 62.5 Å². The predicted octanol–water partition coefficient (Wildman–Crippen LogP) is 6.67. The summed E-state index contributed by atoms with van der Waals surface area (Å²) >= 11 is 0. The second-order valence-corrected chi connectivity index (χ2v) is 23.6. The average Bonchev–Trinajstić information content (AvgIpc) is 2.94. The highest BCUT2D eigenvalue weighted by Gasteiger charge is 2.53. The van der Waals surface area contributed by atoms with Crippen molar-refractivity contribution in [3.63, 3.8) is 0 Å². The molecule has 0 aliphatic carbocycles. The van der Waals surface area contributed by atoms with E-state index in [0.29, 0.717) is 6.07 Å². The van der Waals surface area contributed by atoms with Gasteiger partial charge in [0.15, 0.2) is 25.6 Å². The van der Waals surface area contributed by atoms with Crippen molar-refractivity contribution in [3.05, 3.63) is 41.5 Å². The smallest absolute Gasteiger partial charge is 0.482 e. The Kier molecular flexibility index (Phi) is 12.1. The van der Waals surface area contributed by atoms with Crippen LogP contribution in [0.1, 0.15) is 38.0 Å². The maximum atomic E-state index is 13.3. The van der Waals surface area contributed by atoms with Crippen LogP contribution < -0.4 is 21.5 Å². The van der Waals surface area contributed by atoms with E-state index < -0.39 is 134 Å². The molecule has 0 saturated heterocycles. The molecule has 14 nitrogen and oxygen atoms in total. The molecule has 0 fully saturated rings. The molecule has 1 aliphatic heterocycles. The van der Waals surface area contributed by atoms with E-state index in [2.05, 4.69) is 16.7 Å². The van der Waals surface area contributed by atoms with E-state index in [-0.39, 0.29) is 24.3 Å². The van der Waals surface area contributed by atoms with Crippen molar-refractivity contribution in [2.24, 2.45) is 0 Å². The van der Waals surface area contributed by atoms with Gasteiger partial charge in [0.2, 0.25) is 0 Å². The lowest BCUT2D eigenvalue weighted by Gasteiger charge is -2.43. The Morgan fingerprint density at radius 3 is 1.43 bits per heavy atom.